The molecule has 0 aliphatic carbocycles. The highest BCUT2D eigenvalue weighted by molar-refractivity contribution is 5.95. The molecule has 1 amide bonds. The standard InChI is InChI=1S/C22H28FN5O/c1-24-22(26-15-17-8-11-20(27(2)3)19(23)13-17)25-14-16-6-9-18(10-7-16)28-12-4-5-21(28)29/h6-11,13H,4-5,12,14-15H2,1-3H3,(H2,24,25,26). The lowest BCUT2D eigenvalue weighted by molar-refractivity contribution is -0.117. The van der Waals surface area contributed by atoms with Gasteiger partial charge in [-0.1, -0.05) is 18.2 Å². The molecule has 1 fully saturated rings. The van der Waals surface area contributed by atoms with Crippen LogP contribution in [-0.2, 0) is 17.9 Å². The summed E-state index contributed by atoms with van der Waals surface area (Å²) in [6.45, 7) is 1.87. The van der Waals surface area contributed by atoms with Gasteiger partial charge in [-0.25, -0.2) is 4.39 Å². The minimum absolute atomic E-state index is 0.190. The van der Waals surface area contributed by atoms with Crippen molar-refractivity contribution in [3.05, 3.63) is 59.4 Å². The average Bonchev–Trinajstić information content (AvgIpc) is 3.14. The summed E-state index contributed by atoms with van der Waals surface area (Å²) < 4.78 is 14.1. The van der Waals surface area contributed by atoms with Crippen LogP contribution in [0.15, 0.2) is 47.5 Å². The van der Waals surface area contributed by atoms with Crippen molar-refractivity contribution in [2.75, 3.05) is 37.5 Å². The first-order valence-electron chi connectivity index (χ1n) is 9.77. The van der Waals surface area contributed by atoms with Crippen molar-refractivity contribution in [1.82, 2.24) is 10.6 Å². The number of guanidine groups is 1. The van der Waals surface area contributed by atoms with E-state index in [4.69, 9.17) is 0 Å². The average molecular weight is 397 g/mol. The van der Waals surface area contributed by atoms with E-state index in [2.05, 4.69) is 15.6 Å². The van der Waals surface area contributed by atoms with Crippen LogP contribution in [-0.4, -0.2) is 39.6 Å². The van der Waals surface area contributed by atoms with Crippen LogP contribution in [0.25, 0.3) is 0 Å². The van der Waals surface area contributed by atoms with Gasteiger partial charge in [0, 0.05) is 52.9 Å². The number of anilines is 2. The number of nitrogens with one attached hydrogen (secondary N) is 2. The molecular weight excluding hydrogens is 369 g/mol. The third kappa shape index (κ3) is 5.25. The number of amides is 1. The van der Waals surface area contributed by atoms with E-state index >= 15 is 0 Å². The number of aliphatic imine (C=N–C) groups is 1. The van der Waals surface area contributed by atoms with Crippen LogP contribution in [0.4, 0.5) is 15.8 Å². The smallest absolute Gasteiger partial charge is 0.227 e. The van der Waals surface area contributed by atoms with Gasteiger partial charge in [-0.05, 0) is 41.8 Å². The molecule has 2 N–H and O–H groups in total. The van der Waals surface area contributed by atoms with E-state index in [-0.39, 0.29) is 11.7 Å². The quantitative estimate of drug-likeness (QED) is 0.581. The molecule has 6 nitrogen and oxygen atoms in total. The normalized spacial score (nSPS) is 14.3. The molecule has 0 atom stereocenters. The number of benzene rings is 2. The number of rotatable bonds is 6. The van der Waals surface area contributed by atoms with Gasteiger partial charge in [0.05, 0.1) is 5.69 Å². The zero-order valence-corrected chi connectivity index (χ0v) is 17.2. The predicted molar refractivity (Wildman–Crippen MR) is 116 cm³/mol. The van der Waals surface area contributed by atoms with E-state index in [1.54, 1.807) is 18.0 Å². The fourth-order valence-electron chi connectivity index (χ4n) is 3.33. The van der Waals surface area contributed by atoms with E-state index in [9.17, 15) is 9.18 Å². The van der Waals surface area contributed by atoms with Gasteiger partial charge in [0.25, 0.3) is 0 Å². The largest absolute Gasteiger partial charge is 0.375 e. The van der Waals surface area contributed by atoms with Crippen molar-refractivity contribution in [1.29, 1.82) is 0 Å². The zero-order valence-electron chi connectivity index (χ0n) is 17.2. The number of halogens is 1. The molecule has 1 aliphatic rings. The number of nitrogens with zero attached hydrogens (tertiary/aromatic N) is 3. The molecule has 0 bridgehead atoms. The molecular formula is C22H28FN5O. The Hall–Kier alpha value is -3.09. The first-order chi connectivity index (χ1) is 14.0. The van der Waals surface area contributed by atoms with Crippen LogP contribution in [0.1, 0.15) is 24.0 Å². The first-order valence-corrected chi connectivity index (χ1v) is 9.77. The number of hydrogen-bond donors (Lipinski definition) is 2. The van der Waals surface area contributed by atoms with Gasteiger partial charge in [-0.3, -0.25) is 9.79 Å². The number of carbonyl (C=O) groups excluding carboxylic acids is 1. The highest BCUT2D eigenvalue weighted by Gasteiger charge is 2.21. The van der Waals surface area contributed by atoms with Crippen LogP contribution < -0.4 is 20.4 Å². The molecule has 154 valence electrons. The lowest BCUT2D eigenvalue weighted by atomic mass is 10.2. The first kappa shape index (κ1) is 20.6. The molecule has 0 unspecified atom stereocenters. The second kappa shape index (κ2) is 9.41. The molecule has 3 rings (SSSR count). The second-order valence-electron chi connectivity index (χ2n) is 7.27. The van der Waals surface area contributed by atoms with Gasteiger partial charge in [0.1, 0.15) is 5.82 Å². The van der Waals surface area contributed by atoms with Crippen molar-refractivity contribution in [3.8, 4) is 0 Å². The molecule has 0 saturated carbocycles. The van der Waals surface area contributed by atoms with Crippen LogP contribution in [0.3, 0.4) is 0 Å². The van der Waals surface area contributed by atoms with Crippen molar-refractivity contribution in [3.63, 3.8) is 0 Å². The minimum atomic E-state index is -0.242. The Bertz CT molecular complexity index is 879. The summed E-state index contributed by atoms with van der Waals surface area (Å²) in [5.41, 5.74) is 3.44. The Morgan fingerprint density at radius 1 is 1.10 bits per heavy atom. The van der Waals surface area contributed by atoms with Crippen molar-refractivity contribution in [2.45, 2.75) is 25.9 Å². The summed E-state index contributed by atoms with van der Waals surface area (Å²) in [4.78, 5) is 19.6. The summed E-state index contributed by atoms with van der Waals surface area (Å²) in [6.07, 6.45) is 1.55. The fraction of sp³-hybridized carbons (Fsp3) is 0.364. The van der Waals surface area contributed by atoms with E-state index in [0.717, 1.165) is 29.8 Å². The third-order valence-electron chi connectivity index (χ3n) is 4.96. The molecule has 0 radical (unpaired) electrons. The molecule has 2 aromatic rings. The maximum Gasteiger partial charge on any atom is 0.227 e. The number of carbonyl (C=O) groups is 1. The third-order valence-corrected chi connectivity index (χ3v) is 4.96. The SMILES string of the molecule is CN=C(NCc1ccc(N2CCCC2=O)cc1)NCc1ccc(N(C)C)c(F)c1. The Morgan fingerprint density at radius 3 is 2.31 bits per heavy atom. The Morgan fingerprint density at radius 2 is 1.76 bits per heavy atom. The topological polar surface area (TPSA) is 60.0 Å². The van der Waals surface area contributed by atoms with Crippen molar-refractivity contribution >= 4 is 23.2 Å². The highest BCUT2D eigenvalue weighted by Crippen LogP contribution is 2.21. The molecule has 1 heterocycles. The Balaban J connectivity index is 1.51. The van der Waals surface area contributed by atoms with E-state index < -0.39 is 0 Å². The van der Waals surface area contributed by atoms with Gasteiger partial charge in [0.2, 0.25) is 5.91 Å². The van der Waals surface area contributed by atoms with Crippen LogP contribution >= 0.6 is 0 Å². The van der Waals surface area contributed by atoms with Gasteiger partial charge in [-0.15, -0.1) is 0 Å². The zero-order chi connectivity index (χ0) is 20.8. The van der Waals surface area contributed by atoms with Crippen molar-refractivity contribution < 1.29 is 9.18 Å². The van der Waals surface area contributed by atoms with Crippen LogP contribution in [0.5, 0.6) is 0 Å². The predicted octanol–water partition coefficient (Wildman–Crippen LogP) is 2.88. The number of hydrogen-bond acceptors (Lipinski definition) is 3. The summed E-state index contributed by atoms with van der Waals surface area (Å²) in [6, 6.07) is 13.2. The molecule has 0 spiro atoms. The summed E-state index contributed by atoms with van der Waals surface area (Å²) in [7, 11) is 5.34. The molecule has 1 saturated heterocycles. The van der Waals surface area contributed by atoms with E-state index in [1.165, 1.54) is 6.07 Å². The van der Waals surface area contributed by atoms with Crippen LogP contribution in [0.2, 0.25) is 0 Å². The maximum absolute atomic E-state index is 14.1. The van der Waals surface area contributed by atoms with Gasteiger partial charge in [-0.2, -0.15) is 0 Å². The summed E-state index contributed by atoms with van der Waals surface area (Å²) in [5.74, 6) is 0.588. The molecule has 7 heteroatoms. The highest BCUT2D eigenvalue weighted by atomic mass is 19.1. The molecule has 29 heavy (non-hydrogen) atoms. The lowest BCUT2D eigenvalue weighted by Crippen LogP contribution is -2.36. The van der Waals surface area contributed by atoms with Crippen molar-refractivity contribution in [2.24, 2.45) is 4.99 Å². The summed E-state index contributed by atoms with van der Waals surface area (Å²) >= 11 is 0. The van der Waals surface area contributed by atoms with Crippen LogP contribution in [0, 0.1) is 5.82 Å². The maximum atomic E-state index is 14.1. The Labute approximate surface area is 171 Å². The van der Waals surface area contributed by atoms with E-state index in [1.807, 2.05) is 49.3 Å². The van der Waals surface area contributed by atoms with E-state index in [0.29, 0.717) is 31.2 Å². The monoisotopic (exact) mass is 397 g/mol. The van der Waals surface area contributed by atoms with Gasteiger partial charge < -0.3 is 20.4 Å². The minimum Gasteiger partial charge on any atom is -0.375 e. The Kier molecular flexibility index (Phi) is 6.69. The van der Waals surface area contributed by atoms with Gasteiger partial charge >= 0.3 is 0 Å². The summed E-state index contributed by atoms with van der Waals surface area (Å²) in [5, 5.41) is 6.45. The molecule has 0 aromatic heterocycles. The fourth-order valence-corrected chi connectivity index (χ4v) is 3.33. The van der Waals surface area contributed by atoms with Gasteiger partial charge in [0.15, 0.2) is 5.96 Å². The lowest BCUT2D eigenvalue weighted by Gasteiger charge is -2.17. The molecule has 2 aromatic carbocycles. The molecule has 1 aliphatic heterocycles. The second-order valence-corrected chi connectivity index (χ2v) is 7.27.